The lowest BCUT2D eigenvalue weighted by atomic mass is 9.63. The summed E-state index contributed by atoms with van der Waals surface area (Å²) in [7, 11) is 0. The van der Waals surface area contributed by atoms with E-state index in [1.165, 1.54) is 38.2 Å². The van der Waals surface area contributed by atoms with Crippen LogP contribution in [-0.4, -0.2) is 32.2 Å². The quantitative estimate of drug-likeness (QED) is 0.456. The van der Waals surface area contributed by atoms with E-state index in [9.17, 15) is 32.6 Å². The zero-order valence-electron chi connectivity index (χ0n) is 16.5. The highest BCUT2D eigenvalue weighted by Crippen LogP contribution is 2.56. The number of phenols is 1. The van der Waals surface area contributed by atoms with E-state index in [1.807, 2.05) is 0 Å². The number of alkyl halides is 3. The first kappa shape index (κ1) is 21.1. The molecular weight excluding hydrogens is 418 g/mol. The molecule has 0 bridgehead atoms. The molecule has 31 heavy (non-hydrogen) atoms. The Morgan fingerprint density at radius 2 is 1.90 bits per heavy atom. The summed E-state index contributed by atoms with van der Waals surface area (Å²) >= 11 is 0. The maximum atomic E-state index is 14.2. The molecule has 3 aromatic rings. The molecule has 0 saturated carbocycles. The van der Waals surface area contributed by atoms with Gasteiger partial charge in [0.25, 0.3) is 5.56 Å². The van der Waals surface area contributed by atoms with Gasteiger partial charge < -0.3 is 15.5 Å². The summed E-state index contributed by atoms with van der Waals surface area (Å²) in [5.74, 6) is -1.72. The Bertz CT molecular complexity index is 1240. The standard InChI is InChI=1S/C21H19F4N3O3/c1-19(2)9-20(31,21(23,24)25)17(11-6-7-13(22)16(29)15(11)19)27-14-5-3-4-10-12(14)8-26-28-18(10)30/h3-8,17,27,29,31H,9H2,1-2H3,(H,28,30). The number of benzene rings is 2. The number of aromatic amines is 1. The number of rotatable bonds is 2. The number of aromatic hydroxyl groups is 1. The summed E-state index contributed by atoms with van der Waals surface area (Å²) in [5.41, 5.74) is -5.15. The molecule has 0 radical (unpaired) electrons. The Morgan fingerprint density at radius 1 is 1.19 bits per heavy atom. The van der Waals surface area contributed by atoms with Gasteiger partial charge in [-0.1, -0.05) is 26.0 Å². The smallest absolute Gasteiger partial charge is 0.419 e. The predicted molar refractivity (Wildman–Crippen MR) is 105 cm³/mol. The van der Waals surface area contributed by atoms with Crippen molar-refractivity contribution < 1.29 is 27.8 Å². The van der Waals surface area contributed by atoms with Crippen LogP contribution in [-0.2, 0) is 5.41 Å². The van der Waals surface area contributed by atoms with E-state index in [0.717, 1.165) is 12.1 Å². The van der Waals surface area contributed by atoms with E-state index in [2.05, 4.69) is 15.5 Å². The van der Waals surface area contributed by atoms with Gasteiger partial charge in [0.05, 0.1) is 17.6 Å². The minimum atomic E-state index is -5.05. The van der Waals surface area contributed by atoms with Gasteiger partial charge >= 0.3 is 6.18 Å². The molecule has 4 N–H and O–H groups in total. The lowest BCUT2D eigenvalue weighted by Gasteiger charge is -2.49. The maximum Gasteiger partial charge on any atom is 0.419 e. The van der Waals surface area contributed by atoms with Crippen molar-refractivity contribution in [3.05, 3.63) is 63.8 Å². The van der Waals surface area contributed by atoms with Crippen LogP contribution in [0.1, 0.15) is 37.4 Å². The zero-order chi connectivity index (χ0) is 22.8. The number of phenolic OH excluding ortho intramolecular Hbond substituents is 1. The number of aliphatic hydroxyl groups is 1. The van der Waals surface area contributed by atoms with Crippen molar-refractivity contribution in [1.29, 1.82) is 0 Å². The number of hydrogen-bond donors (Lipinski definition) is 4. The van der Waals surface area contributed by atoms with Gasteiger partial charge in [0.2, 0.25) is 0 Å². The van der Waals surface area contributed by atoms with Crippen molar-refractivity contribution in [2.75, 3.05) is 5.32 Å². The van der Waals surface area contributed by atoms with Gasteiger partial charge in [-0.05, 0) is 35.6 Å². The average molecular weight is 437 g/mol. The normalized spacial score (nSPS) is 22.9. The molecule has 1 aliphatic carbocycles. The number of H-pyrrole nitrogens is 1. The van der Waals surface area contributed by atoms with Crippen LogP contribution in [0.25, 0.3) is 10.8 Å². The fourth-order valence-corrected chi connectivity index (χ4v) is 4.52. The van der Waals surface area contributed by atoms with E-state index in [4.69, 9.17) is 0 Å². The Kier molecular flexibility index (Phi) is 4.55. The first-order valence-corrected chi connectivity index (χ1v) is 9.41. The first-order chi connectivity index (χ1) is 14.4. The van der Waals surface area contributed by atoms with Crippen molar-refractivity contribution in [1.82, 2.24) is 10.2 Å². The number of anilines is 1. The minimum absolute atomic E-state index is 0.0184. The van der Waals surface area contributed by atoms with Crippen molar-refractivity contribution >= 4 is 16.5 Å². The highest BCUT2D eigenvalue weighted by atomic mass is 19.4. The van der Waals surface area contributed by atoms with Gasteiger partial charge in [0.15, 0.2) is 17.2 Å². The fourth-order valence-electron chi connectivity index (χ4n) is 4.52. The van der Waals surface area contributed by atoms with Crippen LogP contribution >= 0.6 is 0 Å². The van der Waals surface area contributed by atoms with Crippen LogP contribution in [0.4, 0.5) is 23.2 Å². The second-order valence-electron chi connectivity index (χ2n) is 8.39. The molecular formula is C21H19F4N3O3. The largest absolute Gasteiger partial charge is 0.505 e. The van der Waals surface area contributed by atoms with Gasteiger partial charge in [-0.2, -0.15) is 18.3 Å². The predicted octanol–water partition coefficient (Wildman–Crippen LogP) is 3.90. The lowest BCUT2D eigenvalue weighted by Crippen LogP contribution is -2.58. The van der Waals surface area contributed by atoms with E-state index in [-0.39, 0.29) is 27.6 Å². The van der Waals surface area contributed by atoms with Crippen LogP contribution in [0.5, 0.6) is 5.75 Å². The summed E-state index contributed by atoms with van der Waals surface area (Å²) in [6.07, 6.45) is -4.60. The van der Waals surface area contributed by atoms with Gasteiger partial charge in [-0.3, -0.25) is 4.79 Å². The van der Waals surface area contributed by atoms with Gasteiger partial charge in [-0.25, -0.2) is 9.49 Å². The molecule has 1 aliphatic rings. The molecule has 0 amide bonds. The second kappa shape index (κ2) is 6.68. The van der Waals surface area contributed by atoms with Crippen LogP contribution in [0.15, 0.2) is 41.3 Å². The Balaban J connectivity index is 1.98. The Morgan fingerprint density at radius 3 is 2.58 bits per heavy atom. The van der Waals surface area contributed by atoms with E-state index in [0.29, 0.717) is 0 Å². The monoisotopic (exact) mass is 437 g/mol. The van der Waals surface area contributed by atoms with Crippen LogP contribution in [0.2, 0.25) is 0 Å². The first-order valence-electron chi connectivity index (χ1n) is 9.41. The SMILES string of the molecule is CC1(C)CC(O)(C(F)(F)F)C(Nc2cccc3c(=O)[nH]ncc23)c2ccc(F)c(O)c21. The Labute approximate surface area is 173 Å². The molecule has 10 heteroatoms. The van der Waals surface area contributed by atoms with Crippen molar-refractivity contribution in [3.8, 4) is 5.75 Å². The number of halogens is 4. The zero-order valence-corrected chi connectivity index (χ0v) is 16.5. The number of hydrogen-bond acceptors (Lipinski definition) is 5. The third-order valence-corrected chi connectivity index (χ3v) is 5.84. The van der Waals surface area contributed by atoms with Crippen LogP contribution < -0.4 is 10.9 Å². The third-order valence-electron chi connectivity index (χ3n) is 5.84. The number of aromatic nitrogens is 2. The molecule has 6 nitrogen and oxygen atoms in total. The molecule has 1 heterocycles. The molecule has 1 aromatic heterocycles. The minimum Gasteiger partial charge on any atom is -0.505 e. The molecule has 2 atom stereocenters. The molecule has 4 rings (SSSR count). The number of nitrogens with one attached hydrogen (secondary N) is 2. The molecule has 2 unspecified atom stereocenters. The summed E-state index contributed by atoms with van der Waals surface area (Å²) < 4.78 is 56.6. The molecule has 0 saturated heterocycles. The summed E-state index contributed by atoms with van der Waals surface area (Å²) in [6, 6.07) is 4.60. The number of nitrogens with zero attached hydrogens (tertiary/aromatic N) is 1. The maximum absolute atomic E-state index is 14.2. The van der Waals surface area contributed by atoms with Crippen LogP contribution in [0, 0.1) is 5.82 Å². The summed E-state index contributed by atoms with van der Waals surface area (Å²) in [4.78, 5) is 12.0. The average Bonchev–Trinajstić information content (AvgIpc) is 2.66. The fraction of sp³-hybridized carbons (Fsp3) is 0.333. The summed E-state index contributed by atoms with van der Waals surface area (Å²) in [5, 5.41) is 30.3. The van der Waals surface area contributed by atoms with Gasteiger partial charge in [0.1, 0.15) is 0 Å². The highest BCUT2D eigenvalue weighted by Gasteiger charge is 2.64. The van der Waals surface area contributed by atoms with Crippen molar-refractivity contribution in [3.63, 3.8) is 0 Å². The second-order valence-corrected chi connectivity index (χ2v) is 8.39. The Hall–Kier alpha value is -3.14. The lowest BCUT2D eigenvalue weighted by molar-refractivity contribution is -0.276. The summed E-state index contributed by atoms with van der Waals surface area (Å²) in [6.45, 7) is 2.80. The van der Waals surface area contributed by atoms with Crippen molar-refractivity contribution in [2.45, 2.75) is 43.5 Å². The van der Waals surface area contributed by atoms with E-state index in [1.54, 1.807) is 0 Å². The van der Waals surface area contributed by atoms with Crippen molar-refractivity contribution in [2.24, 2.45) is 0 Å². The molecule has 0 fully saturated rings. The molecule has 0 spiro atoms. The molecule has 2 aromatic carbocycles. The molecule has 0 aliphatic heterocycles. The van der Waals surface area contributed by atoms with E-state index < -0.39 is 46.8 Å². The highest BCUT2D eigenvalue weighted by molar-refractivity contribution is 5.92. The van der Waals surface area contributed by atoms with Gasteiger partial charge in [0, 0.05) is 16.6 Å². The van der Waals surface area contributed by atoms with E-state index >= 15 is 0 Å². The van der Waals surface area contributed by atoms with Gasteiger partial charge in [-0.15, -0.1) is 0 Å². The molecule has 164 valence electrons. The van der Waals surface area contributed by atoms with Crippen LogP contribution in [0.3, 0.4) is 0 Å². The third kappa shape index (κ3) is 3.13. The topological polar surface area (TPSA) is 98.2 Å². The number of fused-ring (bicyclic) bond motifs is 2.